The summed E-state index contributed by atoms with van der Waals surface area (Å²) in [5.41, 5.74) is 1.17. The number of rotatable bonds is 1. The van der Waals surface area contributed by atoms with Crippen molar-refractivity contribution in [1.29, 1.82) is 0 Å². The van der Waals surface area contributed by atoms with Gasteiger partial charge in [0, 0.05) is 25.8 Å². The van der Waals surface area contributed by atoms with Crippen LogP contribution in [0.15, 0.2) is 12.4 Å². The molecule has 0 radical (unpaired) electrons. The van der Waals surface area contributed by atoms with Gasteiger partial charge in [-0.1, -0.05) is 6.42 Å². The van der Waals surface area contributed by atoms with Gasteiger partial charge in [-0.15, -0.1) is 0 Å². The van der Waals surface area contributed by atoms with Crippen LogP contribution in [0.3, 0.4) is 0 Å². The Morgan fingerprint density at radius 3 is 2.76 bits per heavy atom. The lowest BCUT2D eigenvalue weighted by Gasteiger charge is -2.37. The van der Waals surface area contributed by atoms with E-state index in [-0.39, 0.29) is 5.91 Å². The number of hydrogen-bond acceptors (Lipinski definition) is 2. The standard InChI is InChI=1S/C13H19N3O/c1-10-6-13(4-3-5-13)9-16(10)12(17)11-7-14-15(2)8-11/h7-8,10H,3-6,9H2,1-2H3. The summed E-state index contributed by atoms with van der Waals surface area (Å²) in [4.78, 5) is 14.4. The highest BCUT2D eigenvalue weighted by Gasteiger charge is 2.47. The lowest BCUT2D eigenvalue weighted by molar-refractivity contribution is 0.0701. The monoisotopic (exact) mass is 233 g/mol. The van der Waals surface area contributed by atoms with Crippen LogP contribution in [-0.4, -0.2) is 33.2 Å². The summed E-state index contributed by atoms with van der Waals surface area (Å²) in [7, 11) is 1.84. The van der Waals surface area contributed by atoms with Crippen LogP contribution >= 0.6 is 0 Å². The zero-order chi connectivity index (χ0) is 12.0. The number of hydrogen-bond donors (Lipinski definition) is 0. The van der Waals surface area contributed by atoms with Crippen LogP contribution in [0.2, 0.25) is 0 Å². The van der Waals surface area contributed by atoms with Crippen LogP contribution in [0.1, 0.15) is 43.0 Å². The van der Waals surface area contributed by atoms with Gasteiger partial charge in [0.25, 0.3) is 5.91 Å². The van der Waals surface area contributed by atoms with Crippen LogP contribution in [0.25, 0.3) is 0 Å². The number of amides is 1. The molecule has 1 aromatic heterocycles. The maximum Gasteiger partial charge on any atom is 0.257 e. The largest absolute Gasteiger partial charge is 0.335 e. The molecule has 1 saturated heterocycles. The molecular formula is C13H19N3O. The number of likely N-dealkylation sites (tertiary alicyclic amines) is 1. The van der Waals surface area contributed by atoms with Crippen molar-refractivity contribution in [2.45, 2.75) is 38.6 Å². The number of nitrogens with zero attached hydrogens (tertiary/aromatic N) is 3. The van der Waals surface area contributed by atoms with E-state index in [1.54, 1.807) is 17.1 Å². The molecule has 4 heteroatoms. The van der Waals surface area contributed by atoms with Gasteiger partial charge >= 0.3 is 0 Å². The first kappa shape index (κ1) is 10.8. The normalized spacial score (nSPS) is 26.2. The molecule has 1 unspecified atom stereocenters. The fourth-order valence-electron chi connectivity index (χ4n) is 3.33. The Morgan fingerprint density at radius 2 is 2.29 bits per heavy atom. The van der Waals surface area contributed by atoms with Gasteiger partial charge in [-0.2, -0.15) is 5.10 Å². The van der Waals surface area contributed by atoms with Crippen molar-refractivity contribution in [1.82, 2.24) is 14.7 Å². The predicted octanol–water partition coefficient (Wildman–Crippen LogP) is 1.82. The summed E-state index contributed by atoms with van der Waals surface area (Å²) in [5, 5.41) is 4.07. The van der Waals surface area contributed by atoms with Crippen molar-refractivity contribution in [3.8, 4) is 0 Å². The quantitative estimate of drug-likeness (QED) is 0.742. The molecule has 1 saturated carbocycles. The van der Waals surface area contributed by atoms with Crippen molar-refractivity contribution >= 4 is 5.91 Å². The molecule has 1 amide bonds. The minimum atomic E-state index is 0.148. The third kappa shape index (κ3) is 1.66. The van der Waals surface area contributed by atoms with Gasteiger partial charge in [0.15, 0.2) is 0 Å². The van der Waals surface area contributed by atoms with Crippen molar-refractivity contribution in [2.24, 2.45) is 12.5 Å². The Morgan fingerprint density at radius 1 is 1.53 bits per heavy atom. The first-order chi connectivity index (χ1) is 8.10. The number of carbonyl (C=O) groups excluding carboxylic acids is 1. The van der Waals surface area contributed by atoms with E-state index in [2.05, 4.69) is 12.0 Å². The van der Waals surface area contributed by atoms with Crippen LogP contribution in [0, 0.1) is 5.41 Å². The Balaban J connectivity index is 1.78. The highest BCUT2D eigenvalue weighted by molar-refractivity contribution is 5.94. The third-order valence-corrected chi connectivity index (χ3v) is 4.39. The summed E-state index contributed by atoms with van der Waals surface area (Å²) >= 11 is 0. The Hall–Kier alpha value is -1.32. The molecule has 92 valence electrons. The van der Waals surface area contributed by atoms with Crippen molar-refractivity contribution < 1.29 is 4.79 Å². The molecule has 17 heavy (non-hydrogen) atoms. The molecule has 1 aliphatic heterocycles. The second kappa shape index (κ2) is 3.59. The van der Waals surface area contributed by atoms with Crippen LogP contribution in [0.5, 0.6) is 0 Å². The van der Waals surface area contributed by atoms with Crippen LogP contribution in [0.4, 0.5) is 0 Å². The predicted molar refractivity (Wildman–Crippen MR) is 64.6 cm³/mol. The molecule has 2 fully saturated rings. The lowest BCUT2D eigenvalue weighted by Crippen LogP contribution is -2.37. The van der Waals surface area contributed by atoms with Gasteiger partial charge in [0.1, 0.15) is 0 Å². The summed E-state index contributed by atoms with van der Waals surface area (Å²) < 4.78 is 1.69. The Kier molecular flexibility index (Phi) is 2.28. The third-order valence-electron chi connectivity index (χ3n) is 4.39. The van der Waals surface area contributed by atoms with Crippen molar-refractivity contribution in [2.75, 3.05) is 6.54 Å². The maximum atomic E-state index is 12.4. The first-order valence-electron chi connectivity index (χ1n) is 6.39. The van der Waals surface area contributed by atoms with E-state index in [4.69, 9.17) is 0 Å². The van der Waals surface area contributed by atoms with Crippen molar-refractivity contribution in [3.05, 3.63) is 18.0 Å². The molecule has 1 aliphatic carbocycles. The van der Waals surface area contributed by atoms with E-state index < -0.39 is 0 Å². The molecule has 0 aromatic carbocycles. The van der Waals surface area contributed by atoms with E-state index in [1.165, 1.54) is 25.7 Å². The first-order valence-corrected chi connectivity index (χ1v) is 6.39. The van der Waals surface area contributed by atoms with Crippen LogP contribution in [-0.2, 0) is 7.05 Å². The maximum absolute atomic E-state index is 12.4. The molecular weight excluding hydrogens is 214 g/mol. The fraction of sp³-hybridized carbons (Fsp3) is 0.692. The van der Waals surface area contributed by atoms with Gasteiger partial charge in [-0.05, 0) is 31.6 Å². The number of aromatic nitrogens is 2. The molecule has 2 heterocycles. The molecule has 3 rings (SSSR count). The van der Waals surface area contributed by atoms with Gasteiger partial charge in [0.2, 0.25) is 0 Å². The molecule has 1 spiro atoms. The second-order valence-electron chi connectivity index (χ2n) is 5.74. The smallest absolute Gasteiger partial charge is 0.257 e. The number of carbonyl (C=O) groups is 1. The summed E-state index contributed by atoms with van der Waals surface area (Å²) in [6.45, 7) is 3.11. The highest BCUT2D eigenvalue weighted by atomic mass is 16.2. The average Bonchev–Trinajstić information content (AvgIpc) is 2.81. The molecule has 1 aromatic rings. The Bertz CT molecular complexity index is 447. The van der Waals surface area contributed by atoms with E-state index in [1.807, 2.05) is 11.9 Å². The SMILES string of the molecule is CC1CC2(CCC2)CN1C(=O)c1cnn(C)c1. The second-order valence-corrected chi connectivity index (χ2v) is 5.74. The molecule has 0 bridgehead atoms. The summed E-state index contributed by atoms with van der Waals surface area (Å²) in [6, 6.07) is 0.378. The molecule has 4 nitrogen and oxygen atoms in total. The summed E-state index contributed by atoms with van der Waals surface area (Å²) in [5.74, 6) is 0.148. The van der Waals surface area contributed by atoms with Crippen LogP contribution < -0.4 is 0 Å². The average molecular weight is 233 g/mol. The fourth-order valence-corrected chi connectivity index (χ4v) is 3.33. The van der Waals surface area contributed by atoms with Gasteiger partial charge in [0.05, 0.1) is 11.8 Å². The minimum Gasteiger partial charge on any atom is -0.335 e. The number of aryl methyl sites for hydroxylation is 1. The van der Waals surface area contributed by atoms with E-state index in [9.17, 15) is 4.79 Å². The van der Waals surface area contributed by atoms with Gasteiger partial charge < -0.3 is 4.90 Å². The van der Waals surface area contributed by atoms with Crippen molar-refractivity contribution in [3.63, 3.8) is 0 Å². The van der Waals surface area contributed by atoms with E-state index >= 15 is 0 Å². The van der Waals surface area contributed by atoms with Gasteiger partial charge in [-0.25, -0.2) is 0 Å². The zero-order valence-electron chi connectivity index (χ0n) is 10.5. The summed E-state index contributed by atoms with van der Waals surface area (Å²) in [6.07, 6.45) is 8.59. The Labute approximate surface area is 102 Å². The highest BCUT2D eigenvalue weighted by Crippen LogP contribution is 2.50. The molecule has 1 atom stereocenters. The molecule has 0 N–H and O–H groups in total. The topological polar surface area (TPSA) is 38.1 Å². The zero-order valence-corrected chi connectivity index (χ0v) is 10.5. The molecule has 2 aliphatic rings. The lowest BCUT2D eigenvalue weighted by atomic mass is 9.68. The van der Waals surface area contributed by atoms with E-state index in [0.717, 1.165) is 12.1 Å². The van der Waals surface area contributed by atoms with E-state index in [0.29, 0.717) is 11.5 Å². The minimum absolute atomic E-state index is 0.148. The van der Waals surface area contributed by atoms with Gasteiger partial charge in [-0.3, -0.25) is 9.48 Å².